The number of hydrogen-bond acceptors (Lipinski definition) is 2. The molecule has 0 saturated carbocycles. The summed E-state index contributed by atoms with van der Waals surface area (Å²) < 4.78 is 12.2. The highest BCUT2D eigenvalue weighted by Gasteiger charge is 2.11. The smallest absolute Gasteiger partial charge is 0.175 e. The lowest BCUT2D eigenvalue weighted by atomic mass is 10.1. The Morgan fingerprint density at radius 1 is 1.10 bits per heavy atom. The summed E-state index contributed by atoms with van der Waals surface area (Å²) in [6.07, 6.45) is 0. The van der Waals surface area contributed by atoms with Crippen molar-refractivity contribution in [1.29, 1.82) is 0 Å². The highest BCUT2D eigenvalue weighted by Crippen LogP contribution is 2.37. The van der Waals surface area contributed by atoms with Crippen molar-refractivity contribution in [3.63, 3.8) is 0 Å². The van der Waals surface area contributed by atoms with E-state index in [0.717, 1.165) is 32.4 Å². The molecular weight excluding hydrogens is 384 g/mol. The number of methoxy groups -OCH3 is 1. The van der Waals surface area contributed by atoms with Crippen molar-refractivity contribution in [3.05, 3.63) is 57.6 Å². The number of aryl methyl sites for hydroxylation is 1. The average molecular weight is 400 g/mol. The molecule has 20 heavy (non-hydrogen) atoms. The predicted molar refractivity (Wildman–Crippen MR) is 88.8 cm³/mol. The molecule has 0 heterocycles. The number of alkyl halides is 1. The number of benzene rings is 2. The fourth-order valence-electron chi connectivity index (χ4n) is 1.95. The van der Waals surface area contributed by atoms with Gasteiger partial charge in [0.05, 0.1) is 11.6 Å². The molecule has 4 heteroatoms. The molecule has 2 aromatic rings. The third kappa shape index (κ3) is 3.76. The van der Waals surface area contributed by atoms with Crippen LogP contribution in [0.2, 0.25) is 0 Å². The molecule has 0 radical (unpaired) electrons. The van der Waals surface area contributed by atoms with Gasteiger partial charge in [-0.05, 0) is 46.1 Å². The van der Waals surface area contributed by atoms with E-state index in [-0.39, 0.29) is 0 Å². The van der Waals surface area contributed by atoms with E-state index in [1.165, 1.54) is 5.56 Å². The number of halogens is 2. The number of ether oxygens (including phenoxy) is 2. The molecule has 106 valence electrons. The van der Waals surface area contributed by atoms with Crippen molar-refractivity contribution in [1.82, 2.24) is 0 Å². The van der Waals surface area contributed by atoms with Gasteiger partial charge in [-0.3, -0.25) is 0 Å². The van der Waals surface area contributed by atoms with Gasteiger partial charge >= 0.3 is 0 Å². The van der Waals surface area contributed by atoms with Crippen LogP contribution in [0.5, 0.6) is 11.5 Å². The topological polar surface area (TPSA) is 18.5 Å². The highest BCUT2D eigenvalue weighted by atomic mass is 79.9. The first kappa shape index (κ1) is 15.4. The Kier molecular flexibility index (Phi) is 5.49. The molecule has 0 aliphatic heterocycles. The molecule has 0 spiro atoms. The molecule has 2 nitrogen and oxygen atoms in total. The Labute approximate surface area is 136 Å². The molecule has 0 fully saturated rings. The minimum Gasteiger partial charge on any atom is -0.493 e. The van der Waals surface area contributed by atoms with Gasteiger partial charge in [0.25, 0.3) is 0 Å². The molecule has 2 rings (SSSR count). The van der Waals surface area contributed by atoms with Crippen LogP contribution < -0.4 is 9.47 Å². The Morgan fingerprint density at radius 3 is 2.55 bits per heavy atom. The van der Waals surface area contributed by atoms with Gasteiger partial charge in [-0.2, -0.15) is 0 Å². The van der Waals surface area contributed by atoms with Gasteiger partial charge in [0.2, 0.25) is 0 Å². The quantitative estimate of drug-likeness (QED) is 0.640. The Balaban J connectivity index is 2.20. The normalized spacial score (nSPS) is 10.4. The minimum absolute atomic E-state index is 0.518. The number of rotatable bonds is 5. The Bertz CT molecular complexity index is 597. The second kappa shape index (κ2) is 7.14. The summed E-state index contributed by atoms with van der Waals surface area (Å²) in [7, 11) is 1.65. The largest absolute Gasteiger partial charge is 0.493 e. The molecule has 0 bridgehead atoms. The minimum atomic E-state index is 0.518. The van der Waals surface area contributed by atoms with Gasteiger partial charge in [0, 0.05) is 5.33 Å². The first-order chi connectivity index (χ1) is 9.63. The van der Waals surface area contributed by atoms with Crippen molar-refractivity contribution < 1.29 is 9.47 Å². The van der Waals surface area contributed by atoms with Crippen molar-refractivity contribution >= 4 is 31.9 Å². The zero-order valence-corrected chi connectivity index (χ0v) is 14.6. The van der Waals surface area contributed by atoms with E-state index in [2.05, 4.69) is 57.0 Å². The Morgan fingerprint density at radius 2 is 1.90 bits per heavy atom. The van der Waals surface area contributed by atoms with Crippen LogP contribution in [0.1, 0.15) is 16.7 Å². The zero-order valence-electron chi connectivity index (χ0n) is 11.5. The first-order valence-corrected chi connectivity index (χ1v) is 8.16. The first-order valence-electron chi connectivity index (χ1n) is 6.24. The van der Waals surface area contributed by atoms with Crippen LogP contribution in [0.3, 0.4) is 0 Å². The van der Waals surface area contributed by atoms with E-state index in [0.29, 0.717) is 6.61 Å². The van der Waals surface area contributed by atoms with Gasteiger partial charge in [-0.15, -0.1) is 0 Å². The van der Waals surface area contributed by atoms with Crippen molar-refractivity contribution in [2.75, 3.05) is 7.11 Å². The summed E-state index contributed by atoms with van der Waals surface area (Å²) in [5, 5.41) is 0.778. The van der Waals surface area contributed by atoms with Crippen molar-refractivity contribution in [3.8, 4) is 11.5 Å². The van der Waals surface area contributed by atoms with Gasteiger partial charge in [0.1, 0.15) is 6.61 Å². The van der Waals surface area contributed by atoms with Gasteiger partial charge in [-0.1, -0.05) is 45.8 Å². The van der Waals surface area contributed by atoms with Crippen LogP contribution in [0.25, 0.3) is 0 Å². The molecule has 0 atom stereocenters. The predicted octanol–water partition coefficient (Wildman–Crippen LogP) is 5.24. The Hall–Kier alpha value is -1.00. The lowest BCUT2D eigenvalue weighted by Crippen LogP contribution is -1.99. The van der Waals surface area contributed by atoms with Crippen LogP contribution in [0.4, 0.5) is 0 Å². The standard InChI is InChI=1S/C16H16Br2O2/c1-11-4-3-5-12(6-11)10-20-16-14(18)7-13(9-17)8-15(16)19-2/h3-8H,9-10H2,1-2H3. The maximum atomic E-state index is 5.91. The molecule has 0 unspecified atom stereocenters. The molecule has 0 aliphatic carbocycles. The van der Waals surface area contributed by atoms with E-state index in [1.54, 1.807) is 7.11 Å². The molecule has 0 aromatic heterocycles. The van der Waals surface area contributed by atoms with Gasteiger partial charge in [-0.25, -0.2) is 0 Å². The van der Waals surface area contributed by atoms with Gasteiger partial charge < -0.3 is 9.47 Å². The SMILES string of the molecule is COc1cc(CBr)cc(Br)c1OCc1cccc(C)c1. The second-order valence-corrected chi connectivity index (χ2v) is 5.94. The summed E-state index contributed by atoms with van der Waals surface area (Å²) in [5.41, 5.74) is 3.51. The summed E-state index contributed by atoms with van der Waals surface area (Å²) in [4.78, 5) is 0. The van der Waals surface area contributed by atoms with E-state index in [1.807, 2.05) is 18.2 Å². The van der Waals surface area contributed by atoms with E-state index < -0.39 is 0 Å². The third-order valence-corrected chi connectivity index (χ3v) is 4.15. The van der Waals surface area contributed by atoms with E-state index in [9.17, 15) is 0 Å². The summed E-state index contributed by atoms with van der Waals surface area (Å²) in [6, 6.07) is 12.3. The lowest BCUT2D eigenvalue weighted by Gasteiger charge is -2.14. The second-order valence-electron chi connectivity index (χ2n) is 4.52. The molecule has 0 saturated heterocycles. The fraction of sp³-hybridized carbons (Fsp3) is 0.250. The monoisotopic (exact) mass is 398 g/mol. The summed E-state index contributed by atoms with van der Waals surface area (Å²) in [5.74, 6) is 1.47. The molecule has 0 amide bonds. The third-order valence-electron chi connectivity index (χ3n) is 2.91. The fourth-order valence-corrected chi connectivity index (χ4v) is 2.88. The molecule has 0 aliphatic rings. The average Bonchev–Trinajstić information content (AvgIpc) is 2.45. The maximum Gasteiger partial charge on any atom is 0.175 e. The van der Waals surface area contributed by atoms with Crippen LogP contribution in [-0.4, -0.2) is 7.11 Å². The van der Waals surface area contributed by atoms with E-state index in [4.69, 9.17) is 9.47 Å². The van der Waals surface area contributed by atoms with Crippen molar-refractivity contribution in [2.45, 2.75) is 18.9 Å². The van der Waals surface area contributed by atoms with Crippen LogP contribution >= 0.6 is 31.9 Å². The van der Waals surface area contributed by atoms with Crippen molar-refractivity contribution in [2.24, 2.45) is 0 Å². The van der Waals surface area contributed by atoms with Gasteiger partial charge in [0.15, 0.2) is 11.5 Å². The molecular formula is C16H16Br2O2. The lowest BCUT2D eigenvalue weighted by molar-refractivity contribution is 0.282. The van der Waals surface area contributed by atoms with Crippen LogP contribution in [0.15, 0.2) is 40.9 Å². The summed E-state index contributed by atoms with van der Waals surface area (Å²) in [6.45, 7) is 2.59. The van der Waals surface area contributed by atoms with Crippen LogP contribution in [-0.2, 0) is 11.9 Å². The maximum absolute atomic E-state index is 5.91. The van der Waals surface area contributed by atoms with E-state index >= 15 is 0 Å². The molecule has 2 aromatic carbocycles. The number of hydrogen-bond donors (Lipinski definition) is 0. The zero-order chi connectivity index (χ0) is 14.5. The summed E-state index contributed by atoms with van der Waals surface area (Å²) >= 11 is 6.99. The highest BCUT2D eigenvalue weighted by molar-refractivity contribution is 9.10. The molecule has 0 N–H and O–H groups in total. The van der Waals surface area contributed by atoms with Crippen LogP contribution in [0, 0.1) is 6.92 Å².